The molecule has 18 heavy (non-hydrogen) atoms. The van der Waals surface area contributed by atoms with Crippen LogP contribution in [0.4, 0.5) is 0 Å². The van der Waals surface area contributed by atoms with Crippen molar-refractivity contribution < 1.29 is 0 Å². The summed E-state index contributed by atoms with van der Waals surface area (Å²) in [7, 11) is 2.34. The third kappa shape index (κ3) is 3.27. The molecule has 0 aromatic carbocycles. The Morgan fingerprint density at radius 1 is 1.11 bits per heavy atom. The van der Waals surface area contributed by atoms with E-state index in [4.69, 9.17) is 5.73 Å². The first-order valence-corrected chi connectivity index (χ1v) is 8.09. The molecule has 0 amide bonds. The van der Waals surface area contributed by atoms with Gasteiger partial charge in [-0.15, -0.1) is 0 Å². The predicted molar refractivity (Wildman–Crippen MR) is 78.6 cm³/mol. The minimum absolute atomic E-state index is 0.455. The first kappa shape index (κ1) is 14.3. The molecular weight excluding hydrogens is 220 g/mol. The molecule has 0 atom stereocenters. The summed E-state index contributed by atoms with van der Waals surface area (Å²) in [4.78, 5) is 2.64. The van der Waals surface area contributed by atoms with E-state index in [1.165, 1.54) is 64.3 Å². The molecule has 2 rings (SSSR count). The Kier molecular flexibility index (Phi) is 5.08. The molecule has 2 aliphatic carbocycles. The molecule has 0 aromatic heterocycles. The van der Waals surface area contributed by atoms with E-state index in [0.29, 0.717) is 5.41 Å². The zero-order valence-corrected chi connectivity index (χ0v) is 12.5. The van der Waals surface area contributed by atoms with E-state index >= 15 is 0 Å². The lowest BCUT2D eigenvalue weighted by Gasteiger charge is -2.39. The molecule has 2 saturated carbocycles. The Labute approximate surface area is 113 Å². The maximum atomic E-state index is 6.06. The van der Waals surface area contributed by atoms with E-state index in [2.05, 4.69) is 18.9 Å². The van der Waals surface area contributed by atoms with E-state index in [1.54, 1.807) is 0 Å². The molecule has 0 heterocycles. The van der Waals surface area contributed by atoms with Crippen LogP contribution >= 0.6 is 0 Å². The Bertz CT molecular complexity index is 237. The average Bonchev–Trinajstić information content (AvgIpc) is 2.88. The summed E-state index contributed by atoms with van der Waals surface area (Å²) < 4.78 is 0. The molecule has 106 valence electrons. The Balaban J connectivity index is 1.82. The second-order valence-electron chi connectivity index (χ2n) is 6.91. The fourth-order valence-corrected chi connectivity index (χ4v) is 4.20. The van der Waals surface area contributed by atoms with Gasteiger partial charge in [0, 0.05) is 12.6 Å². The number of nitrogens with zero attached hydrogens (tertiary/aromatic N) is 1. The smallest absolute Gasteiger partial charge is 0.00926 e. The zero-order chi connectivity index (χ0) is 13.0. The van der Waals surface area contributed by atoms with E-state index < -0.39 is 0 Å². The molecule has 2 N–H and O–H groups in total. The van der Waals surface area contributed by atoms with Crippen LogP contribution in [0.2, 0.25) is 0 Å². The standard InChI is InChI=1S/C16H32N2/c1-3-14-6-8-15(9-7-14)18(2)13-16(12-17)10-4-5-11-16/h14-15H,3-13,17H2,1-2H3. The van der Waals surface area contributed by atoms with Crippen molar-refractivity contribution in [2.24, 2.45) is 17.1 Å². The van der Waals surface area contributed by atoms with Crippen molar-refractivity contribution in [1.82, 2.24) is 4.90 Å². The topological polar surface area (TPSA) is 29.3 Å². The summed E-state index contributed by atoms with van der Waals surface area (Å²) in [5.41, 5.74) is 6.52. The molecule has 0 saturated heterocycles. The van der Waals surface area contributed by atoms with Gasteiger partial charge in [-0.2, -0.15) is 0 Å². The van der Waals surface area contributed by atoms with Gasteiger partial charge in [-0.1, -0.05) is 26.2 Å². The Morgan fingerprint density at radius 2 is 1.72 bits per heavy atom. The molecule has 0 bridgehead atoms. The van der Waals surface area contributed by atoms with Crippen LogP contribution in [-0.2, 0) is 0 Å². The van der Waals surface area contributed by atoms with Gasteiger partial charge in [-0.25, -0.2) is 0 Å². The second kappa shape index (κ2) is 6.38. The van der Waals surface area contributed by atoms with Crippen LogP contribution in [0.3, 0.4) is 0 Å². The lowest BCUT2D eigenvalue weighted by atomic mass is 9.81. The van der Waals surface area contributed by atoms with Crippen LogP contribution in [0, 0.1) is 11.3 Å². The van der Waals surface area contributed by atoms with E-state index in [0.717, 1.165) is 18.5 Å². The number of rotatable bonds is 5. The van der Waals surface area contributed by atoms with Crippen LogP contribution in [0.1, 0.15) is 64.7 Å². The molecule has 2 heteroatoms. The quantitative estimate of drug-likeness (QED) is 0.812. The van der Waals surface area contributed by atoms with Gasteiger partial charge in [0.15, 0.2) is 0 Å². The summed E-state index contributed by atoms with van der Waals surface area (Å²) >= 11 is 0. The fraction of sp³-hybridized carbons (Fsp3) is 1.00. The highest BCUT2D eigenvalue weighted by Gasteiger charge is 2.35. The zero-order valence-electron chi connectivity index (χ0n) is 12.5. The molecule has 2 nitrogen and oxygen atoms in total. The van der Waals surface area contributed by atoms with Crippen molar-refractivity contribution in [3.05, 3.63) is 0 Å². The number of nitrogens with two attached hydrogens (primary N) is 1. The van der Waals surface area contributed by atoms with Gasteiger partial charge in [-0.05, 0) is 63.5 Å². The molecule has 2 aliphatic rings. The first-order chi connectivity index (χ1) is 8.69. The molecule has 0 aliphatic heterocycles. The Hall–Kier alpha value is -0.0800. The third-order valence-electron chi connectivity index (χ3n) is 5.70. The molecule has 2 fully saturated rings. The maximum absolute atomic E-state index is 6.06. The monoisotopic (exact) mass is 252 g/mol. The van der Waals surface area contributed by atoms with Crippen molar-refractivity contribution in [1.29, 1.82) is 0 Å². The summed E-state index contributed by atoms with van der Waals surface area (Å²) in [5, 5.41) is 0. The number of hydrogen-bond donors (Lipinski definition) is 1. The summed E-state index contributed by atoms with van der Waals surface area (Å²) in [6.07, 6.45) is 12.6. The second-order valence-corrected chi connectivity index (χ2v) is 6.91. The van der Waals surface area contributed by atoms with Crippen molar-refractivity contribution >= 4 is 0 Å². The lowest BCUT2D eigenvalue weighted by molar-refractivity contribution is 0.106. The lowest BCUT2D eigenvalue weighted by Crippen LogP contribution is -2.44. The molecule has 0 radical (unpaired) electrons. The number of hydrogen-bond acceptors (Lipinski definition) is 2. The third-order valence-corrected chi connectivity index (χ3v) is 5.70. The van der Waals surface area contributed by atoms with E-state index in [-0.39, 0.29) is 0 Å². The van der Waals surface area contributed by atoms with Crippen molar-refractivity contribution in [3.8, 4) is 0 Å². The Morgan fingerprint density at radius 3 is 2.22 bits per heavy atom. The van der Waals surface area contributed by atoms with Crippen LogP contribution in [0.25, 0.3) is 0 Å². The maximum Gasteiger partial charge on any atom is 0.00926 e. The first-order valence-electron chi connectivity index (χ1n) is 8.09. The highest BCUT2D eigenvalue weighted by molar-refractivity contribution is 4.90. The van der Waals surface area contributed by atoms with Gasteiger partial charge < -0.3 is 10.6 Å². The van der Waals surface area contributed by atoms with Gasteiger partial charge >= 0.3 is 0 Å². The van der Waals surface area contributed by atoms with Gasteiger partial charge in [0.05, 0.1) is 0 Å². The van der Waals surface area contributed by atoms with Crippen molar-refractivity contribution in [2.45, 2.75) is 70.8 Å². The predicted octanol–water partition coefficient (Wildman–Crippen LogP) is 3.41. The molecular formula is C16H32N2. The molecule has 0 unspecified atom stereocenters. The fourth-order valence-electron chi connectivity index (χ4n) is 4.20. The van der Waals surface area contributed by atoms with Gasteiger partial charge in [-0.3, -0.25) is 0 Å². The van der Waals surface area contributed by atoms with E-state index in [1.807, 2.05) is 0 Å². The highest BCUT2D eigenvalue weighted by atomic mass is 15.1. The normalized spacial score (nSPS) is 32.0. The largest absolute Gasteiger partial charge is 0.330 e. The summed E-state index contributed by atoms with van der Waals surface area (Å²) in [5.74, 6) is 1.00. The van der Waals surface area contributed by atoms with Crippen LogP contribution in [0.15, 0.2) is 0 Å². The highest BCUT2D eigenvalue weighted by Crippen LogP contribution is 2.39. The van der Waals surface area contributed by atoms with Crippen LogP contribution < -0.4 is 5.73 Å². The van der Waals surface area contributed by atoms with Crippen LogP contribution in [0.5, 0.6) is 0 Å². The molecule has 0 spiro atoms. The summed E-state index contributed by atoms with van der Waals surface area (Å²) in [6, 6.07) is 0.830. The van der Waals surface area contributed by atoms with Gasteiger partial charge in [0.25, 0.3) is 0 Å². The van der Waals surface area contributed by atoms with Crippen molar-refractivity contribution in [3.63, 3.8) is 0 Å². The van der Waals surface area contributed by atoms with Crippen LogP contribution in [-0.4, -0.2) is 31.1 Å². The minimum atomic E-state index is 0.455. The SMILES string of the molecule is CCC1CCC(N(C)CC2(CN)CCCC2)CC1. The van der Waals surface area contributed by atoms with E-state index in [9.17, 15) is 0 Å². The van der Waals surface area contributed by atoms with Gasteiger partial charge in [0.2, 0.25) is 0 Å². The minimum Gasteiger partial charge on any atom is -0.330 e. The van der Waals surface area contributed by atoms with Gasteiger partial charge in [0.1, 0.15) is 0 Å². The molecule has 0 aromatic rings. The van der Waals surface area contributed by atoms with Crippen molar-refractivity contribution in [2.75, 3.05) is 20.1 Å². The average molecular weight is 252 g/mol. The summed E-state index contributed by atoms with van der Waals surface area (Å²) in [6.45, 7) is 4.48.